The number of hydrogen-bond acceptors (Lipinski definition) is 4. The Labute approximate surface area is 146 Å². The van der Waals surface area contributed by atoms with E-state index < -0.39 is 23.9 Å². The maximum atomic E-state index is 13.0. The SMILES string of the molecule is CN(C=O)C(Cc1ccc(F)cc1)C(=O)NC(CCCCN)C(N)=O. The molecule has 0 aliphatic rings. The summed E-state index contributed by atoms with van der Waals surface area (Å²) in [7, 11) is 1.47. The summed E-state index contributed by atoms with van der Waals surface area (Å²) in [6.07, 6.45) is 2.47. The lowest BCUT2D eigenvalue weighted by Crippen LogP contribution is -2.52. The van der Waals surface area contributed by atoms with E-state index in [1.807, 2.05) is 0 Å². The molecule has 1 rings (SSSR count). The summed E-state index contributed by atoms with van der Waals surface area (Å²) in [5.74, 6) is -1.52. The van der Waals surface area contributed by atoms with Gasteiger partial charge in [-0.3, -0.25) is 14.4 Å². The number of rotatable bonds is 11. The topological polar surface area (TPSA) is 119 Å². The minimum atomic E-state index is -0.834. The Hall–Kier alpha value is -2.48. The number of amides is 3. The van der Waals surface area contributed by atoms with E-state index in [0.717, 1.165) is 0 Å². The van der Waals surface area contributed by atoms with E-state index in [1.165, 1.54) is 24.1 Å². The summed E-state index contributed by atoms with van der Waals surface area (Å²) in [5, 5.41) is 2.59. The summed E-state index contributed by atoms with van der Waals surface area (Å²) in [5.41, 5.74) is 11.4. The summed E-state index contributed by atoms with van der Waals surface area (Å²) in [4.78, 5) is 36.4. The fourth-order valence-electron chi connectivity index (χ4n) is 2.39. The van der Waals surface area contributed by atoms with Gasteiger partial charge in [-0.05, 0) is 43.5 Å². The van der Waals surface area contributed by atoms with Gasteiger partial charge in [0.15, 0.2) is 0 Å². The number of nitrogens with one attached hydrogen (secondary N) is 1. The summed E-state index contributed by atoms with van der Waals surface area (Å²) >= 11 is 0. The van der Waals surface area contributed by atoms with Crippen molar-refractivity contribution in [2.45, 2.75) is 37.8 Å². The van der Waals surface area contributed by atoms with Gasteiger partial charge in [-0.2, -0.15) is 0 Å². The molecule has 0 spiro atoms. The van der Waals surface area contributed by atoms with Crippen LogP contribution in [0.25, 0.3) is 0 Å². The molecule has 0 heterocycles. The van der Waals surface area contributed by atoms with Crippen molar-refractivity contribution < 1.29 is 18.8 Å². The summed E-state index contributed by atoms with van der Waals surface area (Å²) in [6.45, 7) is 0.487. The van der Waals surface area contributed by atoms with Gasteiger partial charge in [-0.1, -0.05) is 12.1 Å². The number of unbranched alkanes of at least 4 members (excludes halogenated alkanes) is 1. The minimum Gasteiger partial charge on any atom is -0.368 e. The van der Waals surface area contributed by atoms with Gasteiger partial charge >= 0.3 is 0 Å². The highest BCUT2D eigenvalue weighted by Gasteiger charge is 2.26. The Balaban J connectivity index is 2.82. The summed E-state index contributed by atoms with van der Waals surface area (Å²) < 4.78 is 13.0. The van der Waals surface area contributed by atoms with E-state index >= 15 is 0 Å². The smallest absolute Gasteiger partial charge is 0.243 e. The third kappa shape index (κ3) is 6.88. The molecule has 3 amide bonds. The van der Waals surface area contributed by atoms with E-state index in [4.69, 9.17) is 11.5 Å². The van der Waals surface area contributed by atoms with Crippen LogP contribution in [0.5, 0.6) is 0 Å². The zero-order chi connectivity index (χ0) is 18.8. The Kier molecular flexibility index (Phi) is 8.55. The summed E-state index contributed by atoms with van der Waals surface area (Å²) in [6, 6.07) is 3.99. The molecule has 1 aromatic carbocycles. The van der Waals surface area contributed by atoms with Crippen LogP contribution in [0.15, 0.2) is 24.3 Å². The predicted molar refractivity (Wildman–Crippen MR) is 91.7 cm³/mol. The molecule has 0 bridgehead atoms. The Morgan fingerprint density at radius 3 is 2.44 bits per heavy atom. The normalized spacial score (nSPS) is 12.9. The maximum absolute atomic E-state index is 13.0. The van der Waals surface area contributed by atoms with Crippen LogP contribution in [0.3, 0.4) is 0 Å². The maximum Gasteiger partial charge on any atom is 0.243 e. The average Bonchev–Trinajstić information content (AvgIpc) is 2.59. The zero-order valence-electron chi connectivity index (χ0n) is 14.3. The number of carbonyl (C=O) groups excluding carboxylic acids is 3. The molecule has 2 unspecified atom stereocenters. The van der Waals surface area contributed by atoms with Crippen molar-refractivity contribution in [2.75, 3.05) is 13.6 Å². The third-order valence-corrected chi connectivity index (χ3v) is 3.91. The number of carbonyl (C=O) groups is 3. The lowest BCUT2D eigenvalue weighted by Gasteiger charge is -2.26. The van der Waals surface area contributed by atoms with Gasteiger partial charge in [0.2, 0.25) is 18.2 Å². The van der Waals surface area contributed by atoms with Gasteiger partial charge in [0, 0.05) is 13.5 Å². The quantitative estimate of drug-likeness (QED) is 0.381. The molecule has 1 aromatic rings. The van der Waals surface area contributed by atoms with Crippen LogP contribution >= 0.6 is 0 Å². The van der Waals surface area contributed by atoms with Crippen LogP contribution in [0, 0.1) is 5.82 Å². The van der Waals surface area contributed by atoms with Crippen LogP contribution in [-0.2, 0) is 20.8 Å². The van der Waals surface area contributed by atoms with Crippen molar-refractivity contribution in [3.05, 3.63) is 35.6 Å². The Bertz CT molecular complexity index is 580. The lowest BCUT2D eigenvalue weighted by atomic mass is 10.0. The second kappa shape index (κ2) is 10.4. The van der Waals surface area contributed by atoms with Gasteiger partial charge in [0.05, 0.1) is 0 Å². The first-order valence-corrected chi connectivity index (χ1v) is 8.10. The minimum absolute atomic E-state index is 0.190. The monoisotopic (exact) mass is 352 g/mol. The number of nitrogens with two attached hydrogens (primary N) is 2. The Morgan fingerprint density at radius 2 is 1.92 bits per heavy atom. The van der Waals surface area contributed by atoms with Crippen LogP contribution in [0.4, 0.5) is 4.39 Å². The molecular weight excluding hydrogens is 327 g/mol. The molecule has 0 aromatic heterocycles. The largest absolute Gasteiger partial charge is 0.368 e. The van der Waals surface area contributed by atoms with E-state index in [-0.39, 0.29) is 12.2 Å². The molecule has 0 aliphatic carbocycles. The fraction of sp³-hybridized carbons (Fsp3) is 0.471. The van der Waals surface area contributed by atoms with Gasteiger partial charge in [0.1, 0.15) is 17.9 Å². The van der Waals surface area contributed by atoms with Crippen molar-refractivity contribution in [1.82, 2.24) is 10.2 Å². The van der Waals surface area contributed by atoms with E-state index in [9.17, 15) is 18.8 Å². The highest BCUT2D eigenvalue weighted by atomic mass is 19.1. The molecule has 8 heteroatoms. The van der Waals surface area contributed by atoms with Gasteiger partial charge < -0.3 is 21.7 Å². The van der Waals surface area contributed by atoms with Gasteiger partial charge in [-0.25, -0.2) is 4.39 Å². The highest BCUT2D eigenvalue weighted by molar-refractivity contribution is 5.90. The first kappa shape index (κ1) is 20.6. The first-order chi connectivity index (χ1) is 11.9. The third-order valence-electron chi connectivity index (χ3n) is 3.91. The van der Waals surface area contributed by atoms with Crippen LogP contribution in [0.1, 0.15) is 24.8 Å². The van der Waals surface area contributed by atoms with Crippen molar-refractivity contribution in [1.29, 1.82) is 0 Å². The highest BCUT2D eigenvalue weighted by Crippen LogP contribution is 2.10. The predicted octanol–water partition coefficient (Wildman–Crippen LogP) is -0.0759. The number of hydrogen-bond donors (Lipinski definition) is 3. The molecule has 0 saturated heterocycles. The second-order valence-electron chi connectivity index (χ2n) is 5.87. The Morgan fingerprint density at radius 1 is 1.28 bits per heavy atom. The number of nitrogens with zero attached hydrogens (tertiary/aromatic N) is 1. The molecule has 0 radical (unpaired) electrons. The molecule has 0 saturated carbocycles. The zero-order valence-corrected chi connectivity index (χ0v) is 14.3. The van der Waals surface area contributed by atoms with Gasteiger partial charge in [0.25, 0.3) is 0 Å². The average molecular weight is 352 g/mol. The standard InChI is InChI=1S/C17H25FN4O3/c1-22(11-23)15(10-12-5-7-13(18)8-6-12)17(25)21-14(16(20)24)4-2-3-9-19/h5-8,11,14-15H,2-4,9-10,19H2,1H3,(H2,20,24)(H,21,25). The van der Waals surface area contributed by atoms with Crippen LogP contribution in [-0.4, -0.2) is 48.8 Å². The number of benzene rings is 1. The van der Waals surface area contributed by atoms with Crippen molar-refractivity contribution in [3.8, 4) is 0 Å². The number of halogens is 1. The van der Waals surface area contributed by atoms with Crippen LogP contribution in [0.2, 0.25) is 0 Å². The molecular formula is C17H25FN4O3. The van der Waals surface area contributed by atoms with Crippen LogP contribution < -0.4 is 16.8 Å². The van der Waals surface area contributed by atoms with Crippen molar-refractivity contribution in [2.24, 2.45) is 11.5 Å². The molecule has 2 atom stereocenters. The molecule has 0 aliphatic heterocycles. The molecule has 25 heavy (non-hydrogen) atoms. The first-order valence-electron chi connectivity index (χ1n) is 8.10. The van der Waals surface area contributed by atoms with E-state index in [2.05, 4.69) is 5.32 Å². The molecule has 5 N–H and O–H groups in total. The van der Waals surface area contributed by atoms with E-state index in [1.54, 1.807) is 12.1 Å². The van der Waals surface area contributed by atoms with Crippen molar-refractivity contribution in [3.63, 3.8) is 0 Å². The molecule has 7 nitrogen and oxygen atoms in total. The molecule has 138 valence electrons. The van der Waals surface area contributed by atoms with Crippen molar-refractivity contribution >= 4 is 18.2 Å². The van der Waals surface area contributed by atoms with E-state index in [0.29, 0.717) is 37.8 Å². The second-order valence-corrected chi connectivity index (χ2v) is 5.87. The number of likely N-dealkylation sites (N-methyl/N-ethyl adjacent to an activating group) is 1. The lowest BCUT2D eigenvalue weighted by molar-refractivity contribution is -0.134. The molecule has 0 fully saturated rings. The number of primary amides is 1. The van der Waals surface area contributed by atoms with Gasteiger partial charge in [-0.15, -0.1) is 0 Å². The fourth-order valence-corrected chi connectivity index (χ4v) is 2.39.